The SMILES string of the molecule is O=[N+]([O-])c1cccc(O)c1O.[Ti]. The summed E-state index contributed by atoms with van der Waals surface area (Å²) in [7, 11) is 0. The molecule has 62 valence electrons. The summed E-state index contributed by atoms with van der Waals surface area (Å²) in [6.45, 7) is 0. The Hall–Kier alpha value is -1.07. The Morgan fingerprint density at radius 1 is 1.33 bits per heavy atom. The second kappa shape index (κ2) is 4.08. The summed E-state index contributed by atoms with van der Waals surface area (Å²) in [5.41, 5.74) is -0.495. The normalized spacial score (nSPS) is 8.67. The molecule has 1 aromatic rings. The first-order chi connectivity index (χ1) is 5.13. The molecule has 0 aromatic heterocycles. The van der Waals surface area contributed by atoms with Crippen molar-refractivity contribution in [2.75, 3.05) is 0 Å². The number of nitro groups is 1. The predicted octanol–water partition coefficient (Wildman–Crippen LogP) is 1.00. The number of aromatic hydroxyl groups is 2. The van der Waals surface area contributed by atoms with Crippen molar-refractivity contribution in [2.45, 2.75) is 0 Å². The van der Waals surface area contributed by atoms with Gasteiger partial charge in [-0.15, -0.1) is 0 Å². The molecule has 12 heavy (non-hydrogen) atoms. The van der Waals surface area contributed by atoms with E-state index in [1.807, 2.05) is 0 Å². The number of phenols is 2. The van der Waals surface area contributed by atoms with Gasteiger partial charge in [0.15, 0.2) is 5.75 Å². The maximum absolute atomic E-state index is 10.1. The van der Waals surface area contributed by atoms with Gasteiger partial charge in [-0.25, -0.2) is 0 Å². The average Bonchev–Trinajstić information content (AvgIpc) is 1.94. The van der Waals surface area contributed by atoms with E-state index >= 15 is 0 Å². The third-order valence-electron chi connectivity index (χ3n) is 1.19. The molecule has 0 radical (unpaired) electrons. The molecule has 0 spiro atoms. The van der Waals surface area contributed by atoms with Crippen LogP contribution in [0.5, 0.6) is 11.5 Å². The Balaban J connectivity index is 0.00000121. The zero-order valence-corrected chi connectivity index (χ0v) is 7.45. The van der Waals surface area contributed by atoms with Crippen LogP contribution in [0, 0.1) is 10.1 Å². The van der Waals surface area contributed by atoms with E-state index in [2.05, 4.69) is 0 Å². The molecule has 2 N–H and O–H groups in total. The third kappa shape index (κ3) is 1.96. The molecule has 1 rings (SSSR count). The van der Waals surface area contributed by atoms with Gasteiger partial charge in [0.2, 0.25) is 5.75 Å². The molecule has 0 aliphatic carbocycles. The van der Waals surface area contributed by atoms with Crippen molar-refractivity contribution in [3.8, 4) is 11.5 Å². The molecule has 0 fully saturated rings. The molecular formula is C6H5NO4Ti. The van der Waals surface area contributed by atoms with Crippen molar-refractivity contribution in [3.05, 3.63) is 28.3 Å². The van der Waals surface area contributed by atoms with E-state index < -0.39 is 22.1 Å². The first-order valence-corrected chi connectivity index (χ1v) is 2.78. The Morgan fingerprint density at radius 3 is 2.33 bits per heavy atom. The summed E-state index contributed by atoms with van der Waals surface area (Å²) in [5, 5.41) is 27.8. The number of benzene rings is 1. The second-order valence-electron chi connectivity index (χ2n) is 1.90. The fourth-order valence-electron chi connectivity index (χ4n) is 0.667. The summed E-state index contributed by atoms with van der Waals surface area (Å²) >= 11 is 0. The molecular weight excluding hydrogens is 198 g/mol. The smallest absolute Gasteiger partial charge is 0.314 e. The van der Waals surface area contributed by atoms with Crippen LogP contribution >= 0.6 is 0 Å². The Morgan fingerprint density at radius 2 is 1.92 bits per heavy atom. The first kappa shape index (κ1) is 10.9. The van der Waals surface area contributed by atoms with Crippen molar-refractivity contribution in [2.24, 2.45) is 0 Å². The molecule has 1 aromatic carbocycles. The van der Waals surface area contributed by atoms with E-state index in [4.69, 9.17) is 10.2 Å². The van der Waals surface area contributed by atoms with E-state index in [-0.39, 0.29) is 21.7 Å². The van der Waals surface area contributed by atoms with Gasteiger partial charge >= 0.3 is 5.69 Å². The van der Waals surface area contributed by atoms with Gasteiger partial charge in [0, 0.05) is 27.8 Å². The number of phenolic OH excluding ortho intramolecular Hbond substituents is 2. The molecule has 5 nitrogen and oxygen atoms in total. The topological polar surface area (TPSA) is 83.6 Å². The van der Waals surface area contributed by atoms with Gasteiger partial charge in [0.25, 0.3) is 0 Å². The summed E-state index contributed by atoms with van der Waals surface area (Å²) in [6.07, 6.45) is 0. The summed E-state index contributed by atoms with van der Waals surface area (Å²) in [5.74, 6) is -1.18. The van der Waals surface area contributed by atoms with Crippen LogP contribution in [-0.4, -0.2) is 15.1 Å². The fraction of sp³-hybridized carbons (Fsp3) is 0. The van der Waals surface area contributed by atoms with Gasteiger partial charge < -0.3 is 10.2 Å². The molecule has 0 aliphatic rings. The van der Waals surface area contributed by atoms with Crippen LogP contribution in [0.1, 0.15) is 0 Å². The van der Waals surface area contributed by atoms with Crippen molar-refractivity contribution < 1.29 is 36.9 Å². The zero-order chi connectivity index (χ0) is 8.43. The van der Waals surface area contributed by atoms with Crippen LogP contribution in [0.4, 0.5) is 5.69 Å². The second-order valence-corrected chi connectivity index (χ2v) is 1.90. The van der Waals surface area contributed by atoms with Crippen LogP contribution in [0.25, 0.3) is 0 Å². The molecule has 0 heterocycles. The maximum atomic E-state index is 10.1. The Bertz CT molecular complexity index is 302. The number of hydrogen-bond acceptors (Lipinski definition) is 4. The van der Waals surface area contributed by atoms with Crippen LogP contribution in [0.15, 0.2) is 18.2 Å². The van der Waals surface area contributed by atoms with Gasteiger partial charge in [-0.3, -0.25) is 10.1 Å². The number of para-hydroxylation sites is 1. The largest absolute Gasteiger partial charge is 0.504 e. The fourth-order valence-corrected chi connectivity index (χ4v) is 0.667. The quantitative estimate of drug-likeness (QED) is 0.308. The van der Waals surface area contributed by atoms with E-state index in [1.165, 1.54) is 12.1 Å². The van der Waals surface area contributed by atoms with Crippen LogP contribution in [0.2, 0.25) is 0 Å². The Kier molecular flexibility index (Phi) is 3.72. The van der Waals surface area contributed by atoms with Gasteiger partial charge in [-0.05, 0) is 6.07 Å². The predicted molar refractivity (Wildman–Crippen MR) is 36.4 cm³/mol. The average molecular weight is 203 g/mol. The Labute approximate surface area is 82.7 Å². The van der Waals surface area contributed by atoms with Gasteiger partial charge in [0.1, 0.15) is 0 Å². The molecule has 0 saturated carbocycles. The first-order valence-electron chi connectivity index (χ1n) is 2.78. The van der Waals surface area contributed by atoms with Crippen LogP contribution in [-0.2, 0) is 21.7 Å². The zero-order valence-electron chi connectivity index (χ0n) is 5.89. The summed E-state index contributed by atoms with van der Waals surface area (Å²) in [6, 6.07) is 3.56. The molecule has 0 amide bonds. The minimum absolute atomic E-state index is 0. The van der Waals surface area contributed by atoms with Crippen LogP contribution in [0.3, 0.4) is 0 Å². The van der Waals surface area contributed by atoms with Crippen LogP contribution < -0.4 is 0 Å². The number of nitro benzene ring substituents is 1. The maximum Gasteiger partial charge on any atom is 0.314 e. The van der Waals surface area contributed by atoms with Crippen molar-refractivity contribution in [3.63, 3.8) is 0 Å². The number of nitrogens with zero attached hydrogens (tertiary/aromatic N) is 1. The molecule has 6 heteroatoms. The standard InChI is InChI=1S/C6H5NO4.Ti/c8-5-3-1-2-4(6(5)9)7(10)11;/h1-3,8-9H;. The van der Waals surface area contributed by atoms with E-state index in [9.17, 15) is 10.1 Å². The number of rotatable bonds is 1. The third-order valence-corrected chi connectivity index (χ3v) is 1.19. The van der Waals surface area contributed by atoms with Gasteiger partial charge in [0.05, 0.1) is 4.92 Å². The molecule has 0 atom stereocenters. The van der Waals surface area contributed by atoms with E-state index in [1.54, 1.807) is 0 Å². The molecule has 0 bridgehead atoms. The van der Waals surface area contributed by atoms with Gasteiger partial charge in [-0.1, -0.05) is 6.07 Å². The van der Waals surface area contributed by atoms with Crippen molar-refractivity contribution in [1.82, 2.24) is 0 Å². The molecule has 0 unspecified atom stereocenters. The molecule has 0 aliphatic heterocycles. The van der Waals surface area contributed by atoms with Crippen molar-refractivity contribution >= 4 is 5.69 Å². The summed E-state index contributed by atoms with van der Waals surface area (Å²) < 4.78 is 0. The van der Waals surface area contributed by atoms with E-state index in [0.717, 1.165) is 6.07 Å². The van der Waals surface area contributed by atoms with E-state index in [0.29, 0.717) is 0 Å². The monoisotopic (exact) mass is 203 g/mol. The van der Waals surface area contributed by atoms with Gasteiger partial charge in [-0.2, -0.15) is 0 Å². The molecule has 0 saturated heterocycles. The minimum atomic E-state index is -0.769. The number of hydrogen-bond donors (Lipinski definition) is 2. The summed E-state index contributed by atoms with van der Waals surface area (Å²) in [4.78, 5) is 9.34. The van der Waals surface area contributed by atoms with Crippen molar-refractivity contribution in [1.29, 1.82) is 0 Å². The minimum Gasteiger partial charge on any atom is -0.504 e.